The van der Waals surface area contributed by atoms with Gasteiger partial charge in [-0.15, -0.1) is 24.8 Å². The molecule has 0 bridgehead atoms. The molecule has 2 N–H and O–H groups in total. The third-order valence-corrected chi connectivity index (χ3v) is 4.09. The lowest BCUT2D eigenvalue weighted by Crippen LogP contribution is -2.44. The molecule has 27 heavy (non-hydrogen) atoms. The lowest BCUT2D eigenvalue weighted by atomic mass is 10.3. The van der Waals surface area contributed by atoms with Crippen molar-refractivity contribution in [2.45, 2.75) is 6.42 Å². The van der Waals surface area contributed by atoms with Gasteiger partial charge in [0.05, 0.1) is 0 Å². The van der Waals surface area contributed by atoms with E-state index in [1.54, 1.807) is 18.3 Å². The van der Waals surface area contributed by atoms with Crippen LogP contribution in [-0.2, 0) is 0 Å². The number of nitrogens with one attached hydrogen (secondary N) is 2. The van der Waals surface area contributed by atoms with Crippen LogP contribution < -0.4 is 15.4 Å². The number of benzene rings is 1. The summed E-state index contributed by atoms with van der Waals surface area (Å²) in [7, 11) is 0. The van der Waals surface area contributed by atoms with Gasteiger partial charge < -0.3 is 20.3 Å². The van der Waals surface area contributed by atoms with Crippen molar-refractivity contribution in [3.63, 3.8) is 0 Å². The van der Waals surface area contributed by atoms with Gasteiger partial charge in [-0.1, -0.05) is 18.2 Å². The van der Waals surface area contributed by atoms with Crippen molar-refractivity contribution in [1.29, 1.82) is 0 Å². The van der Waals surface area contributed by atoms with Crippen LogP contribution in [0.25, 0.3) is 0 Å². The average molecular weight is 413 g/mol. The number of rotatable bonds is 7. The highest BCUT2D eigenvalue weighted by Gasteiger charge is 2.11. The number of hydrogen-bond acceptors (Lipinski definition) is 5. The van der Waals surface area contributed by atoms with Crippen LogP contribution >= 0.6 is 24.8 Å². The molecular formula is C19H26Cl2N4O2. The molecule has 0 saturated carbocycles. The number of carbonyl (C=O) groups excluding carboxylic acids is 1. The first-order valence-corrected chi connectivity index (χ1v) is 8.71. The highest BCUT2D eigenvalue weighted by atomic mass is 35.5. The number of nitrogens with zero attached hydrogens (tertiary/aromatic N) is 2. The van der Waals surface area contributed by atoms with Gasteiger partial charge in [-0.3, -0.25) is 9.78 Å². The fraction of sp³-hybridized carbons (Fsp3) is 0.368. The molecule has 1 amide bonds. The van der Waals surface area contributed by atoms with Gasteiger partial charge in [0.25, 0.3) is 5.91 Å². The number of aromatic nitrogens is 1. The molecule has 2 heterocycles. The summed E-state index contributed by atoms with van der Waals surface area (Å²) in [6, 6.07) is 12.9. The Morgan fingerprint density at radius 3 is 2.59 bits per heavy atom. The van der Waals surface area contributed by atoms with E-state index in [1.807, 2.05) is 30.3 Å². The summed E-state index contributed by atoms with van der Waals surface area (Å²) in [5.74, 6) is 1.17. The minimum atomic E-state index is -0.168. The van der Waals surface area contributed by atoms with E-state index in [0.29, 0.717) is 18.0 Å². The predicted octanol–water partition coefficient (Wildman–Crippen LogP) is 2.74. The summed E-state index contributed by atoms with van der Waals surface area (Å²) in [6.07, 6.45) is 2.53. The van der Waals surface area contributed by atoms with Crippen molar-refractivity contribution in [1.82, 2.24) is 20.5 Å². The van der Waals surface area contributed by atoms with Crippen molar-refractivity contribution in [3.05, 3.63) is 54.4 Å². The van der Waals surface area contributed by atoms with Crippen molar-refractivity contribution >= 4 is 30.7 Å². The van der Waals surface area contributed by atoms with Gasteiger partial charge in [-0.2, -0.15) is 0 Å². The van der Waals surface area contributed by atoms with E-state index >= 15 is 0 Å². The van der Waals surface area contributed by atoms with Crippen LogP contribution in [-0.4, -0.2) is 55.1 Å². The van der Waals surface area contributed by atoms with Crippen LogP contribution in [0.5, 0.6) is 11.5 Å². The van der Waals surface area contributed by atoms with Gasteiger partial charge in [-0.25, -0.2) is 0 Å². The monoisotopic (exact) mass is 412 g/mol. The fourth-order valence-corrected chi connectivity index (χ4v) is 2.75. The van der Waals surface area contributed by atoms with Crippen LogP contribution in [0, 0.1) is 0 Å². The molecule has 1 aliphatic heterocycles. The zero-order chi connectivity index (χ0) is 17.3. The molecule has 1 saturated heterocycles. The first kappa shape index (κ1) is 23.2. The Balaban J connectivity index is 0.00000182. The van der Waals surface area contributed by atoms with Crippen LogP contribution in [0.3, 0.4) is 0 Å². The zero-order valence-corrected chi connectivity index (χ0v) is 16.7. The van der Waals surface area contributed by atoms with Crippen LogP contribution in [0.4, 0.5) is 0 Å². The van der Waals surface area contributed by atoms with E-state index in [9.17, 15) is 4.79 Å². The van der Waals surface area contributed by atoms with E-state index in [2.05, 4.69) is 20.5 Å². The van der Waals surface area contributed by atoms with Crippen molar-refractivity contribution in [2.24, 2.45) is 0 Å². The maximum Gasteiger partial charge on any atom is 0.270 e. The molecule has 6 nitrogen and oxygen atoms in total. The smallest absolute Gasteiger partial charge is 0.270 e. The lowest BCUT2D eigenvalue weighted by Gasteiger charge is -2.27. The maximum atomic E-state index is 12.2. The number of para-hydroxylation sites is 1. The molecule has 0 radical (unpaired) electrons. The van der Waals surface area contributed by atoms with Crippen LogP contribution in [0.15, 0.2) is 48.7 Å². The van der Waals surface area contributed by atoms with Gasteiger partial charge in [0.1, 0.15) is 17.2 Å². The second kappa shape index (κ2) is 12.5. The topological polar surface area (TPSA) is 66.5 Å². The summed E-state index contributed by atoms with van der Waals surface area (Å²) in [6.45, 7) is 5.90. The molecule has 0 unspecified atom stereocenters. The van der Waals surface area contributed by atoms with Gasteiger partial charge in [0.15, 0.2) is 0 Å². The lowest BCUT2D eigenvalue weighted by molar-refractivity contribution is 0.0946. The van der Waals surface area contributed by atoms with Crippen molar-refractivity contribution in [3.8, 4) is 11.5 Å². The van der Waals surface area contributed by atoms with Crippen LogP contribution in [0.2, 0.25) is 0 Å². The molecular weight excluding hydrogens is 387 g/mol. The Hall–Kier alpha value is -1.86. The summed E-state index contributed by atoms with van der Waals surface area (Å²) in [5.41, 5.74) is 0.371. The highest BCUT2D eigenvalue weighted by molar-refractivity contribution is 5.92. The quantitative estimate of drug-likeness (QED) is 0.684. The number of hydrogen-bond donors (Lipinski definition) is 2. The Morgan fingerprint density at radius 1 is 1.11 bits per heavy atom. The largest absolute Gasteiger partial charge is 0.457 e. The molecule has 1 aliphatic rings. The molecule has 0 spiro atoms. The number of pyridine rings is 1. The first-order chi connectivity index (χ1) is 12.3. The highest BCUT2D eigenvalue weighted by Crippen LogP contribution is 2.20. The van der Waals surface area contributed by atoms with Crippen LogP contribution in [0.1, 0.15) is 16.9 Å². The van der Waals surface area contributed by atoms with Gasteiger partial charge >= 0.3 is 0 Å². The molecule has 148 valence electrons. The molecule has 0 aliphatic carbocycles. The normalized spacial score (nSPS) is 13.8. The van der Waals surface area contributed by atoms with Crippen molar-refractivity contribution < 1.29 is 9.53 Å². The number of halogens is 2. The third kappa shape index (κ3) is 7.72. The molecule has 3 rings (SSSR count). The second-order valence-corrected chi connectivity index (χ2v) is 5.99. The standard InChI is InChI=1S/C19H24N4O2.2ClH/c24-19(22-8-4-12-23-13-10-20-11-14-23)18-15-17(7-9-21-18)25-16-5-2-1-3-6-16;;/h1-3,5-7,9,15,20H,4,8,10-14H2,(H,22,24);2*1H. The Kier molecular flexibility index (Phi) is 10.7. The molecule has 2 aromatic rings. The third-order valence-electron chi connectivity index (χ3n) is 4.09. The number of piperazine rings is 1. The Morgan fingerprint density at radius 2 is 1.85 bits per heavy atom. The average Bonchev–Trinajstić information content (AvgIpc) is 2.67. The zero-order valence-electron chi connectivity index (χ0n) is 15.1. The van der Waals surface area contributed by atoms with E-state index in [4.69, 9.17) is 4.74 Å². The summed E-state index contributed by atoms with van der Waals surface area (Å²) in [4.78, 5) is 18.8. The molecule has 8 heteroatoms. The molecule has 0 atom stereocenters. The van der Waals surface area contributed by atoms with E-state index < -0.39 is 0 Å². The SMILES string of the molecule is Cl.Cl.O=C(NCCCN1CCNCC1)c1cc(Oc2ccccc2)ccn1. The Bertz CT molecular complexity index is 682. The number of carbonyl (C=O) groups is 1. The van der Waals surface area contributed by atoms with Gasteiger partial charge in [-0.05, 0) is 31.2 Å². The van der Waals surface area contributed by atoms with Gasteiger partial charge in [0.2, 0.25) is 0 Å². The second-order valence-electron chi connectivity index (χ2n) is 5.99. The number of ether oxygens (including phenoxy) is 1. The molecule has 1 aromatic carbocycles. The fourth-order valence-electron chi connectivity index (χ4n) is 2.75. The predicted molar refractivity (Wildman–Crippen MR) is 112 cm³/mol. The van der Waals surface area contributed by atoms with E-state index in [0.717, 1.165) is 44.9 Å². The first-order valence-electron chi connectivity index (χ1n) is 8.71. The molecule has 1 aromatic heterocycles. The van der Waals surface area contributed by atoms with Gasteiger partial charge in [0, 0.05) is 45.0 Å². The van der Waals surface area contributed by atoms with E-state index in [-0.39, 0.29) is 30.7 Å². The summed E-state index contributed by atoms with van der Waals surface area (Å²) in [5, 5.41) is 6.27. The number of amides is 1. The Labute approximate surface area is 172 Å². The van der Waals surface area contributed by atoms with E-state index in [1.165, 1.54) is 0 Å². The minimum Gasteiger partial charge on any atom is -0.457 e. The minimum absolute atomic E-state index is 0. The summed E-state index contributed by atoms with van der Waals surface area (Å²) < 4.78 is 5.74. The van der Waals surface area contributed by atoms with Crippen molar-refractivity contribution in [2.75, 3.05) is 39.3 Å². The maximum absolute atomic E-state index is 12.2. The summed E-state index contributed by atoms with van der Waals surface area (Å²) >= 11 is 0. The molecule has 1 fully saturated rings.